The molecule has 0 amide bonds. The van der Waals surface area contributed by atoms with Crippen LogP contribution >= 0.6 is 67.8 Å². The normalized spacial score (nSPS) is 10.8. The number of quaternary nitrogens is 1. The molecule has 0 atom stereocenters. The van der Waals surface area contributed by atoms with E-state index in [0.29, 0.717) is 11.3 Å². The van der Waals surface area contributed by atoms with E-state index < -0.39 is 0 Å². The second kappa shape index (κ2) is 7.19. The van der Waals surface area contributed by atoms with Crippen LogP contribution in [0, 0.1) is 10.7 Å². The molecule has 6 heteroatoms. The second-order valence-electron chi connectivity index (χ2n) is 4.91. The van der Waals surface area contributed by atoms with Crippen LogP contribution in [0.4, 0.5) is 5.69 Å². The zero-order valence-electron chi connectivity index (χ0n) is 11.8. The van der Waals surface area contributed by atoms with Crippen molar-refractivity contribution >= 4 is 90.2 Å². The number of rotatable bonds is 2. The standard InChI is InChI=1S/C17H10I3NO2/c18-9-7-13(19)16(14(20)8-9)23-17(22)12-5-6-15(21)11-4-2-1-3-10(11)12/h1-8H,21H2/p+1. The largest absolute Gasteiger partial charge is 0.421 e. The molecule has 0 saturated heterocycles. The molecule has 3 N–H and O–H groups in total. The van der Waals surface area contributed by atoms with Crippen molar-refractivity contribution in [2.24, 2.45) is 0 Å². The molecule has 3 rings (SSSR count). The van der Waals surface area contributed by atoms with Gasteiger partial charge in [-0.05, 0) is 92.0 Å². The Morgan fingerprint density at radius 2 is 1.52 bits per heavy atom. The minimum Gasteiger partial charge on any atom is -0.421 e. The Morgan fingerprint density at radius 1 is 0.913 bits per heavy atom. The Hall–Kier alpha value is -0.460. The van der Waals surface area contributed by atoms with E-state index >= 15 is 0 Å². The number of esters is 1. The van der Waals surface area contributed by atoms with E-state index in [1.54, 1.807) is 6.07 Å². The maximum atomic E-state index is 12.7. The van der Waals surface area contributed by atoms with Gasteiger partial charge in [-0.15, -0.1) is 0 Å². The highest BCUT2D eigenvalue weighted by Gasteiger charge is 2.18. The predicted molar refractivity (Wildman–Crippen MR) is 116 cm³/mol. The summed E-state index contributed by atoms with van der Waals surface area (Å²) in [5.74, 6) is 0.262. The predicted octanol–water partition coefficient (Wildman–Crippen LogP) is 4.75. The van der Waals surface area contributed by atoms with E-state index in [1.165, 1.54) is 0 Å². The number of halogens is 3. The van der Waals surface area contributed by atoms with Gasteiger partial charge >= 0.3 is 5.97 Å². The van der Waals surface area contributed by atoms with Crippen LogP contribution in [0.15, 0.2) is 48.5 Å². The number of hydrogen-bond acceptors (Lipinski definition) is 2. The van der Waals surface area contributed by atoms with Crippen LogP contribution < -0.4 is 10.5 Å². The maximum absolute atomic E-state index is 12.7. The molecule has 116 valence electrons. The summed E-state index contributed by atoms with van der Waals surface area (Å²) in [6, 6.07) is 15.3. The smallest absolute Gasteiger partial charge is 0.344 e. The highest BCUT2D eigenvalue weighted by atomic mass is 127. The van der Waals surface area contributed by atoms with Gasteiger partial charge in [-0.25, -0.2) is 4.79 Å². The van der Waals surface area contributed by atoms with Gasteiger partial charge in [0.2, 0.25) is 0 Å². The van der Waals surface area contributed by atoms with Gasteiger partial charge < -0.3 is 10.5 Å². The molecular weight excluding hydrogens is 631 g/mol. The van der Waals surface area contributed by atoms with Crippen molar-refractivity contribution in [1.82, 2.24) is 0 Å². The fraction of sp³-hybridized carbons (Fsp3) is 0. The van der Waals surface area contributed by atoms with Crippen molar-refractivity contribution in [1.29, 1.82) is 0 Å². The number of hydrogen-bond donors (Lipinski definition) is 1. The van der Waals surface area contributed by atoms with Crippen LogP contribution in [0.1, 0.15) is 10.4 Å². The molecule has 0 fully saturated rings. The van der Waals surface area contributed by atoms with Crippen LogP contribution in [0.5, 0.6) is 5.75 Å². The molecule has 0 aliphatic rings. The molecule has 0 bridgehead atoms. The Labute approximate surface area is 174 Å². The van der Waals surface area contributed by atoms with Crippen molar-refractivity contribution in [3.05, 3.63) is 64.8 Å². The Bertz CT molecular complexity index is 902. The third kappa shape index (κ3) is 3.64. The highest BCUT2D eigenvalue weighted by molar-refractivity contribution is 14.1. The van der Waals surface area contributed by atoms with Gasteiger partial charge in [0, 0.05) is 20.4 Å². The molecule has 0 spiro atoms. The number of benzene rings is 3. The molecular formula is C17H11I3NO2+. The summed E-state index contributed by atoms with van der Waals surface area (Å²) < 4.78 is 8.64. The lowest BCUT2D eigenvalue weighted by atomic mass is 10.0. The third-order valence-electron chi connectivity index (χ3n) is 3.39. The Kier molecular flexibility index (Phi) is 5.43. The summed E-state index contributed by atoms with van der Waals surface area (Å²) >= 11 is 6.63. The maximum Gasteiger partial charge on any atom is 0.344 e. The molecule has 3 nitrogen and oxygen atoms in total. The van der Waals surface area contributed by atoms with Crippen molar-refractivity contribution in [3.63, 3.8) is 0 Å². The molecule has 0 aromatic heterocycles. The quantitative estimate of drug-likeness (QED) is 0.250. The summed E-state index contributed by atoms with van der Waals surface area (Å²) in [5, 5.41) is 1.83. The minimum absolute atomic E-state index is 0.349. The van der Waals surface area contributed by atoms with Gasteiger partial charge in [0.1, 0.15) is 5.69 Å². The molecule has 0 radical (unpaired) electrons. The molecule has 3 aromatic rings. The van der Waals surface area contributed by atoms with Crippen molar-refractivity contribution < 1.29 is 15.3 Å². The third-order valence-corrected chi connectivity index (χ3v) is 5.62. The average Bonchev–Trinajstić information content (AvgIpc) is 2.51. The van der Waals surface area contributed by atoms with Gasteiger partial charge in [-0.3, -0.25) is 0 Å². The molecule has 0 unspecified atom stereocenters. The van der Waals surface area contributed by atoms with Crippen molar-refractivity contribution in [3.8, 4) is 5.75 Å². The Balaban J connectivity index is 2.04. The van der Waals surface area contributed by atoms with Gasteiger partial charge in [-0.1, -0.05) is 18.2 Å². The van der Waals surface area contributed by atoms with E-state index in [2.05, 4.69) is 73.5 Å². The fourth-order valence-corrected chi connectivity index (χ4v) is 6.12. The number of fused-ring (bicyclic) bond motifs is 1. The topological polar surface area (TPSA) is 53.9 Å². The molecule has 0 aliphatic heterocycles. The van der Waals surface area contributed by atoms with Crippen LogP contribution in [-0.2, 0) is 0 Å². The number of carbonyl (C=O) groups is 1. The zero-order valence-corrected chi connectivity index (χ0v) is 18.2. The van der Waals surface area contributed by atoms with Gasteiger partial charge in [-0.2, -0.15) is 0 Å². The Morgan fingerprint density at radius 3 is 2.17 bits per heavy atom. The van der Waals surface area contributed by atoms with Crippen LogP contribution in [0.3, 0.4) is 0 Å². The van der Waals surface area contributed by atoms with E-state index in [9.17, 15) is 4.79 Å². The first-order valence-electron chi connectivity index (χ1n) is 6.68. The zero-order chi connectivity index (χ0) is 16.6. The second-order valence-corrected chi connectivity index (χ2v) is 8.48. The van der Waals surface area contributed by atoms with Gasteiger partial charge in [0.05, 0.1) is 12.7 Å². The summed E-state index contributed by atoms with van der Waals surface area (Å²) in [6.07, 6.45) is 0. The molecule has 0 aliphatic carbocycles. The molecule has 0 saturated carbocycles. The van der Waals surface area contributed by atoms with Crippen molar-refractivity contribution in [2.45, 2.75) is 0 Å². The monoisotopic (exact) mass is 642 g/mol. The SMILES string of the molecule is [NH3+]c1ccc(C(=O)Oc2c(I)cc(I)cc2I)c2ccccc12. The van der Waals surface area contributed by atoms with Crippen LogP contribution in [0.2, 0.25) is 0 Å². The first kappa shape index (κ1) is 17.4. The van der Waals surface area contributed by atoms with E-state index in [1.807, 2.05) is 42.5 Å². The first-order chi connectivity index (χ1) is 11.0. The van der Waals surface area contributed by atoms with Gasteiger partial charge in [0.15, 0.2) is 5.75 Å². The molecule has 0 heterocycles. The van der Waals surface area contributed by atoms with E-state index in [4.69, 9.17) is 4.74 Å². The molecule has 23 heavy (non-hydrogen) atoms. The van der Waals surface area contributed by atoms with Crippen LogP contribution in [0.25, 0.3) is 10.8 Å². The van der Waals surface area contributed by atoms with Crippen molar-refractivity contribution in [2.75, 3.05) is 0 Å². The lowest BCUT2D eigenvalue weighted by molar-refractivity contribution is -0.252. The summed E-state index contributed by atoms with van der Waals surface area (Å²) in [6.45, 7) is 0. The van der Waals surface area contributed by atoms with E-state index in [0.717, 1.165) is 27.2 Å². The van der Waals surface area contributed by atoms with E-state index in [-0.39, 0.29) is 5.97 Å². The first-order valence-corrected chi connectivity index (χ1v) is 9.91. The summed E-state index contributed by atoms with van der Waals surface area (Å²) in [5.41, 5.74) is 5.47. The molecule has 3 aromatic carbocycles. The lowest BCUT2D eigenvalue weighted by Gasteiger charge is -2.11. The van der Waals surface area contributed by atoms with Crippen LogP contribution in [-0.4, -0.2) is 5.97 Å². The lowest BCUT2D eigenvalue weighted by Crippen LogP contribution is -2.40. The minimum atomic E-state index is -0.349. The number of ether oxygens (including phenoxy) is 1. The average molecular weight is 642 g/mol. The van der Waals surface area contributed by atoms with Gasteiger partial charge in [0.25, 0.3) is 0 Å². The summed E-state index contributed by atoms with van der Waals surface area (Å²) in [4.78, 5) is 12.7. The summed E-state index contributed by atoms with van der Waals surface area (Å²) in [7, 11) is 0. The fourth-order valence-electron chi connectivity index (χ4n) is 2.31. The highest BCUT2D eigenvalue weighted by Crippen LogP contribution is 2.31. The number of carbonyl (C=O) groups excluding carboxylic acids is 1.